The summed E-state index contributed by atoms with van der Waals surface area (Å²) in [6.45, 7) is 3.17. The van der Waals surface area contributed by atoms with Gasteiger partial charge in [-0.15, -0.1) is 0 Å². The van der Waals surface area contributed by atoms with Gasteiger partial charge in [-0.2, -0.15) is 0 Å². The second-order valence-corrected chi connectivity index (χ2v) is 4.81. The predicted molar refractivity (Wildman–Crippen MR) is 74.2 cm³/mol. The number of methoxy groups -OCH3 is 1. The summed E-state index contributed by atoms with van der Waals surface area (Å²) in [6, 6.07) is 5.74. The lowest BCUT2D eigenvalue weighted by Gasteiger charge is -2.07. The lowest BCUT2D eigenvalue weighted by Crippen LogP contribution is -2.23. The molecule has 0 saturated carbocycles. The number of hydrogen-bond donors (Lipinski definition) is 0. The molecule has 0 atom stereocenters. The van der Waals surface area contributed by atoms with E-state index < -0.39 is 0 Å². The Labute approximate surface area is 114 Å². The van der Waals surface area contributed by atoms with Gasteiger partial charge >= 0.3 is 5.69 Å². The maximum absolute atomic E-state index is 11.9. The number of benzene rings is 1. The third-order valence-electron chi connectivity index (χ3n) is 2.85. The summed E-state index contributed by atoms with van der Waals surface area (Å²) in [7, 11) is 1.63. The summed E-state index contributed by atoms with van der Waals surface area (Å²) in [4.78, 5) is 11.9. The molecule has 2 rings (SSSR count). The van der Waals surface area contributed by atoms with Crippen LogP contribution in [0.15, 0.2) is 39.9 Å². The van der Waals surface area contributed by atoms with Crippen LogP contribution in [-0.4, -0.2) is 16.2 Å². The van der Waals surface area contributed by atoms with Crippen LogP contribution in [0.2, 0.25) is 0 Å². The molecule has 4 nitrogen and oxygen atoms in total. The Morgan fingerprint density at radius 1 is 1.28 bits per heavy atom. The van der Waals surface area contributed by atoms with E-state index in [1.165, 1.54) is 0 Å². The first-order chi connectivity index (χ1) is 8.65. The average Bonchev–Trinajstić information content (AvgIpc) is 2.73. The summed E-state index contributed by atoms with van der Waals surface area (Å²) in [6.07, 6.45) is 3.61. The van der Waals surface area contributed by atoms with Crippen molar-refractivity contribution in [1.29, 1.82) is 0 Å². The van der Waals surface area contributed by atoms with E-state index in [4.69, 9.17) is 4.74 Å². The van der Waals surface area contributed by atoms with Crippen molar-refractivity contribution < 1.29 is 4.74 Å². The number of aromatic nitrogens is 2. The highest BCUT2D eigenvalue weighted by Crippen LogP contribution is 2.22. The number of halogens is 1. The van der Waals surface area contributed by atoms with Crippen LogP contribution in [0.1, 0.15) is 12.5 Å². The van der Waals surface area contributed by atoms with Crippen molar-refractivity contribution in [2.24, 2.45) is 0 Å². The maximum Gasteiger partial charge on any atom is 0.328 e. The number of imidazole rings is 1. The van der Waals surface area contributed by atoms with Gasteiger partial charge in [-0.05, 0) is 30.7 Å². The van der Waals surface area contributed by atoms with Gasteiger partial charge in [-0.3, -0.25) is 9.13 Å². The highest BCUT2D eigenvalue weighted by molar-refractivity contribution is 9.10. The van der Waals surface area contributed by atoms with Gasteiger partial charge in [0.1, 0.15) is 5.75 Å². The van der Waals surface area contributed by atoms with Gasteiger partial charge in [-0.1, -0.05) is 15.9 Å². The van der Waals surface area contributed by atoms with E-state index in [9.17, 15) is 4.79 Å². The first kappa shape index (κ1) is 13.0. The molecule has 1 aromatic carbocycles. The van der Waals surface area contributed by atoms with Crippen LogP contribution in [0.5, 0.6) is 5.75 Å². The van der Waals surface area contributed by atoms with Crippen molar-refractivity contribution in [3.05, 3.63) is 51.1 Å². The first-order valence-corrected chi connectivity index (χ1v) is 6.53. The zero-order valence-electron chi connectivity index (χ0n) is 10.4. The molecular formula is C13H15BrN2O2. The van der Waals surface area contributed by atoms with Crippen molar-refractivity contribution in [3.8, 4) is 5.75 Å². The molecule has 0 aliphatic rings. The van der Waals surface area contributed by atoms with Crippen LogP contribution in [0.4, 0.5) is 0 Å². The van der Waals surface area contributed by atoms with Crippen LogP contribution in [-0.2, 0) is 13.1 Å². The van der Waals surface area contributed by atoms with Crippen LogP contribution in [0, 0.1) is 0 Å². The summed E-state index contributed by atoms with van der Waals surface area (Å²) in [5, 5.41) is 0. The molecule has 0 aliphatic heterocycles. The average molecular weight is 311 g/mol. The molecule has 96 valence electrons. The Balaban J connectivity index is 2.33. The molecule has 0 fully saturated rings. The number of hydrogen-bond acceptors (Lipinski definition) is 2. The molecule has 0 N–H and O–H groups in total. The van der Waals surface area contributed by atoms with Crippen LogP contribution in [0.3, 0.4) is 0 Å². The zero-order chi connectivity index (χ0) is 13.1. The van der Waals surface area contributed by atoms with E-state index in [0.29, 0.717) is 13.1 Å². The number of ether oxygens (including phenoxy) is 1. The van der Waals surface area contributed by atoms with Gasteiger partial charge in [-0.25, -0.2) is 4.79 Å². The van der Waals surface area contributed by atoms with Crippen molar-refractivity contribution in [3.63, 3.8) is 0 Å². The van der Waals surface area contributed by atoms with Crippen molar-refractivity contribution in [1.82, 2.24) is 9.13 Å². The second kappa shape index (κ2) is 5.44. The fraction of sp³-hybridized carbons (Fsp3) is 0.308. The van der Waals surface area contributed by atoms with Crippen molar-refractivity contribution in [2.45, 2.75) is 20.0 Å². The number of nitrogens with zero attached hydrogens (tertiary/aromatic N) is 2. The molecule has 0 amide bonds. The molecule has 0 radical (unpaired) electrons. The van der Waals surface area contributed by atoms with Gasteiger partial charge in [0.25, 0.3) is 0 Å². The molecule has 2 aromatic rings. The molecule has 0 bridgehead atoms. The van der Waals surface area contributed by atoms with E-state index in [1.54, 1.807) is 28.6 Å². The molecule has 0 saturated heterocycles. The van der Waals surface area contributed by atoms with E-state index in [1.807, 2.05) is 25.1 Å². The van der Waals surface area contributed by atoms with Gasteiger partial charge in [0, 0.05) is 23.4 Å². The molecule has 0 unspecified atom stereocenters. The fourth-order valence-corrected chi connectivity index (χ4v) is 2.17. The number of aryl methyl sites for hydroxylation is 1. The molecule has 1 aromatic heterocycles. The van der Waals surface area contributed by atoms with Crippen LogP contribution < -0.4 is 10.4 Å². The topological polar surface area (TPSA) is 36.2 Å². The Hall–Kier alpha value is -1.49. The van der Waals surface area contributed by atoms with Gasteiger partial charge in [0.05, 0.1) is 13.7 Å². The lowest BCUT2D eigenvalue weighted by molar-refractivity contribution is 0.414. The molecule has 0 aliphatic carbocycles. The van der Waals surface area contributed by atoms with E-state index in [0.717, 1.165) is 15.8 Å². The summed E-state index contributed by atoms with van der Waals surface area (Å²) in [5.74, 6) is 0.788. The van der Waals surface area contributed by atoms with Gasteiger partial charge in [0.15, 0.2) is 0 Å². The molecule has 0 spiro atoms. The zero-order valence-corrected chi connectivity index (χ0v) is 12.0. The largest absolute Gasteiger partial charge is 0.497 e. The number of rotatable bonds is 4. The Morgan fingerprint density at radius 3 is 2.61 bits per heavy atom. The quantitative estimate of drug-likeness (QED) is 0.870. The van der Waals surface area contributed by atoms with Crippen molar-refractivity contribution >= 4 is 15.9 Å². The minimum Gasteiger partial charge on any atom is -0.497 e. The second-order valence-electron chi connectivity index (χ2n) is 3.95. The molecule has 5 heteroatoms. The third kappa shape index (κ3) is 2.51. The highest BCUT2D eigenvalue weighted by Gasteiger charge is 2.06. The SMILES string of the molecule is CCn1ccn(Cc2cc(OC)ccc2Br)c1=O. The smallest absolute Gasteiger partial charge is 0.328 e. The van der Waals surface area contributed by atoms with Crippen LogP contribution >= 0.6 is 15.9 Å². The van der Waals surface area contributed by atoms with Gasteiger partial charge < -0.3 is 4.74 Å². The highest BCUT2D eigenvalue weighted by atomic mass is 79.9. The van der Waals surface area contributed by atoms with E-state index >= 15 is 0 Å². The van der Waals surface area contributed by atoms with Gasteiger partial charge in [0.2, 0.25) is 0 Å². The third-order valence-corrected chi connectivity index (χ3v) is 3.63. The predicted octanol–water partition coefficient (Wildman–Crippen LogP) is 2.49. The van der Waals surface area contributed by atoms with E-state index in [2.05, 4.69) is 15.9 Å². The normalized spacial score (nSPS) is 10.6. The molecular weight excluding hydrogens is 296 g/mol. The standard InChI is InChI=1S/C13H15BrN2O2/c1-3-15-6-7-16(13(15)17)9-10-8-11(18-2)4-5-12(10)14/h4-8H,3,9H2,1-2H3. The maximum atomic E-state index is 11.9. The fourth-order valence-electron chi connectivity index (χ4n) is 1.80. The summed E-state index contributed by atoms with van der Waals surface area (Å²) >= 11 is 3.49. The molecule has 18 heavy (non-hydrogen) atoms. The minimum atomic E-state index is 0.00669. The first-order valence-electron chi connectivity index (χ1n) is 5.73. The Kier molecular flexibility index (Phi) is 3.91. The molecule has 1 heterocycles. The summed E-state index contributed by atoms with van der Waals surface area (Å²) in [5.41, 5.74) is 1.03. The minimum absolute atomic E-state index is 0.00669. The summed E-state index contributed by atoms with van der Waals surface area (Å²) < 4.78 is 9.52. The Morgan fingerprint density at radius 2 is 2.00 bits per heavy atom. The van der Waals surface area contributed by atoms with Crippen LogP contribution in [0.25, 0.3) is 0 Å². The Bertz CT molecular complexity index is 601. The van der Waals surface area contributed by atoms with Crippen molar-refractivity contribution in [2.75, 3.05) is 7.11 Å². The monoisotopic (exact) mass is 310 g/mol. The van der Waals surface area contributed by atoms with E-state index in [-0.39, 0.29) is 5.69 Å². The lowest BCUT2D eigenvalue weighted by atomic mass is 10.2.